The molecule has 3 rings (SSSR count). The number of pyridine rings is 2. The molecule has 5 nitrogen and oxygen atoms in total. The van der Waals surface area contributed by atoms with Crippen LogP contribution >= 0.6 is 15.9 Å². The van der Waals surface area contributed by atoms with Gasteiger partial charge in [-0.1, -0.05) is 24.3 Å². The van der Waals surface area contributed by atoms with E-state index in [9.17, 15) is 18.4 Å². The van der Waals surface area contributed by atoms with Crippen molar-refractivity contribution in [2.24, 2.45) is 0 Å². The van der Waals surface area contributed by atoms with Crippen LogP contribution in [0.15, 0.2) is 64.1 Å². The summed E-state index contributed by atoms with van der Waals surface area (Å²) in [5, 5.41) is 2.71. The number of benzene rings is 1. The number of hydrogen-bond donors (Lipinski definition) is 2. The van der Waals surface area contributed by atoms with Gasteiger partial charge in [0.1, 0.15) is 18.2 Å². The maximum Gasteiger partial charge on any atom is 0.262 e. The van der Waals surface area contributed by atoms with Gasteiger partial charge in [0.05, 0.1) is 16.1 Å². The average Bonchev–Trinajstić information content (AvgIpc) is 2.69. The molecule has 1 aromatic carbocycles. The second-order valence-corrected chi connectivity index (χ2v) is 6.57. The highest BCUT2D eigenvalue weighted by molar-refractivity contribution is 9.10. The Kier molecular flexibility index (Phi) is 5.75. The standard InChI is InChI=1S/C19H14BrF2N3O2/c20-14-8-13(10-24-19(14)27)18(26)25-16(17-15(22)2-1-7-23-17)12-5-3-11(9-21)4-6-12/h1-8,10,16H,9H2,(H,24,27)(H,25,26)/t16-/m0/s1. The minimum atomic E-state index is -0.891. The first-order chi connectivity index (χ1) is 13.0. The molecule has 0 bridgehead atoms. The maximum absolute atomic E-state index is 14.3. The number of aromatic nitrogens is 2. The molecule has 2 aromatic heterocycles. The Balaban J connectivity index is 1.98. The summed E-state index contributed by atoms with van der Waals surface area (Å²) in [7, 11) is 0. The highest BCUT2D eigenvalue weighted by Gasteiger charge is 2.22. The largest absolute Gasteiger partial charge is 0.339 e. The van der Waals surface area contributed by atoms with E-state index in [0.29, 0.717) is 11.1 Å². The normalized spacial score (nSPS) is 11.8. The van der Waals surface area contributed by atoms with E-state index >= 15 is 0 Å². The predicted octanol–water partition coefficient (Wildman–Crippen LogP) is 3.66. The van der Waals surface area contributed by atoms with Gasteiger partial charge in [0.2, 0.25) is 0 Å². The van der Waals surface area contributed by atoms with E-state index in [4.69, 9.17) is 0 Å². The van der Waals surface area contributed by atoms with Crippen LogP contribution < -0.4 is 10.9 Å². The van der Waals surface area contributed by atoms with E-state index in [1.165, 1.54) is 30.6 Å². The molecular weight excluding hydrogens is 420 g/mol. The van der Waals surface area contributed by atoms with Gasteiger partial charge < -0.3 is 10.3 Å². The van der Waals surface area contributed by atoms with Crippen molar-refractivity contribution in [1.82, 2.24) is 15.3 Å². The molecule has 0 saturated heterocycles. The summed E-state index contributed by atoms with van der Waals surface area (Å²) in [6.07, 6.45) is 2.69. The van der Waals surface area contributed by atoms with Crippen molar-refractivity contribution in [2.75, 3.05) is 0 Å². The summed E-state index contributed by atoms with van der Waals surface area (Å²) >= 11 is 3.07. The van der Waals surface area contributed by atoms with E-state index < -0.39 is 24.4 Å². The first-order valence-electron chi connectivity index (χ1n) is 7.94. The Morgan fingerprint density at radius 3 is 2.63 bits per heavy atom. The summed E-state index contributed by atoms with van der Waals surface area (Å²) in [6.45, 7) is -0.624. The number of halogens is 3. The first-order valence-corrected chi connectivity index (χ1v) is 8.73. The number of carbonyl (C=O) groups excluding carboxylic acids is 1. The van der Waals surface area contributed by atoms with E-state index in [1.54, 1.807) is 24.3 Å². The van der Waals surface area contributed by atoms with Gasteiger partial charge in [0, 0.05) is 12.4 Å². The Morgan fingerprint density at radius 1 is 1.26 bits per heavy atom. The molecule has 2 N–H and O–H groups in total. The van der Waals surface area contributed by atoms with Crippen molar-refractivity contribution in [2.45, 2.75) is 12.7 Å². The van der Waals surface area contributed by atoms with Crippen LogP contribution in [-0.2, 0) is 6.67 Å². The number of aromatic amines is 1. The van der Waals surface area contributed by atoms with Crippen LogP contribution in [0.1, 0.15) is 33.2 Å². The number of nitrogens with one attached hydrogen (secondary N) is 2. The molecule has 3 aromatic rings. The minimum absolute atomic E-state index is 0.0299. The lowest BCUT2D eigenvalue weighted by atomic mass is 10.0. The Hall–Kier alpha value is -2.87. The number of hydrogen-bond acceptors (Lipinski definition) is 3. The van der Waals surface area contributed by atoms with Gasteiger partial charge in [-0.2, -0.15) is 0 Å². The summed E-state index contributed by atoms with van der Waals surface area (Å²) < 4.78 is 27.3. The van der Waals surface area contributed by atoms with E-state index in [-0.39, 0.29) is 21.3 Å². The van der Waals surface area contributed by atoms with Crippen molar-refractivity contribution in [3.63, 3.8) is 0 Å². The van der Waals surface area contributed by atoms with E-state index in [0.717, 1.165) is 0 Å². The predicted molar refractivity (Wildman–Crippen MR) is 99.5 cm³/mol. The molecule has 0 fully saturated rings. The van der Waals surface area contributed by atoms with Gasteiger partial charge in [-0.15, -0.1) is 0 Å². The fourth-order valence-corrected chi connectivity index (χ4v) is 2.88. The lowest BCUT2D eigenvalue weighted by Crippen LogP contribution is -2.31. The van der Waals surface area contributed by atoms with Crippen molar-refractivity contribution < 1.29 is 13.6 Å². The molecule has 1 amide bonds. The number of alkyl halides is 1. The lowest BCUT2D eigenvalue weighted by molar-refractivity contribution is 0.0941. The Morgan fingerprint density at radius 2 is 2.00 bits per heavy atom. The summed E-state index contributed by atoms with van der Waals surface area (Å²) in [5.41, 5.74) is 0.850. The maximum atomic E-state index is 14.3. The van der Waals surface area contributed by atoms with Gasteiger partial charge in [0.15, 0.2) is 0 Å². The minimum Gasteiger partial charge on any atom is -0.339 e. The molecule has 0 aliphatic carbocycles. The van der Waals surface area contributed by atoms with Crippen molar-refractivity contribution >= 4 is 21.8 Å². The highest BCUT2D eigenvalue weighted by Crippen LogP contribution is 2.24. The number of rotatable bonds is 5. The molecule has 1 atom stereocenters. The quantitative estimate of drug-likeness (QED) is 0.644. The van der Waals surface area contributed by atoms with Gasteiger partial charge in [-0.25, -0.2) is 8.78 Å². The molecule has 0 radical (unpaired) electrons. The third kappa shape index (κ3) is 4.28. The number of nitrogens with zero attached hydrogens (tertiary/aromatic N) is 1. The summed E-state index contributed by atoms with van der Waals surface area (Å²) in [6, 6.07) is 9.51. The second-order valence-electron chi connectivity index (χ2n) is 5.72. The summed E-state index contributed by atoms with van der Waals surface area (Å²) in [4.78, 5) is 30.6. The van der Waals surface area contributed by atoms with Crippen molar-refractivity contribution in [3.8, 4) is 0 Å². The zero-order chi connectivity index (χ0) is 19.4. The van der Waals surface area contributed by atoms with Crippen LogP contribution in [0.4, 0.5) is 8.78 Å². The molecule has 0 aliphatic rings. The number of amides is 1. The lowest BCUT2D eigenvalue weighted by Gasteiger charge is -2.19. The second kappa shape index (κ2) is 8.22. The fourth-order valence-electron chi connectivity index (χ4n) is 2.52. The van der Waals surface area contributed by atoms with Crippen LogP contribution in [0, 0.1) is 5.82 Å². The van der Waals surface area contributed by atoms with Gasteiger partial charge in [-0.3, -0.25) is 14.6 Å². The van der Waals surface area contributed by atoms with Gasteiger partial charge in [-0.05, 0) is 45.3 Å². The molecule has 0 spiro atoms. The Bertz CT molecular complexity index is 1020. The number of H-pyrrole nitrogens is 1. The monoisotopic (exact) mass is 433 g/mol. The molecule has 0 unspecified atom stereocenters. The van der Waals surface area contributed by atoms with Crippen LogP contribution in [-0.4, -0.2) is 15.9 Å². The van der Waals surface area contributed by atoms with Crippen molar-refractivity contribution in [1.29, 1.82) is 0 Å². The molecule has 8 heteroatoms. The molecule has 0 aliphatic heterocycles. The smallest absolute Gasteiger partial charge is 0.262 e. The van der Waals surface area contributed by atoms with E-state index in [2.05, 4.69) is 31.2 Å². The van der Waals surface area contributed by atoms with Crippen LogP contribution in [0.25, 0.3) is 0 Å². The van der Waals surface area contributed by atoms with Gasteiger partial charge in [0.25, 0.3) is 11.5 Å². The summed E-state index contributed by atoms with van der Waals surface area (Å²) in [5.74, 6) is -1.11. The van der Waals surface area contributed by atoms with E-state index in [1.807, 2.05) is 0 Å². The molecular formula is C19H14BrF2N3O2. The fraction of sp³-hybridized carbons (Fsp3) is 0.105. The third-order valence-electron chi connectivity index (χ3n) is 3.92. The number of carbonyl (C=O) groups is 1. The van der Waals surface area contributed by atoms with Gasteiger partial charge >= 0.3 is 0 Å². The topological polar surface area (TPSA) is 74.8 Å². The molecule has 27 heavy (non-hydrogen) atoms. The zero-order valence-electron chi connectivity index (χ0n) is 13.9. The third-order valence-corrected chi connectivity index (χ3v) is 4.51. The SMILES string of the molecule is O=C(N[C@@H](c1ccc(CF)cc1)c1ncccc1F)c1c[nH]c(=O)c(Br)c1. The first kappa shape index (κ1) is 18.9. The van der Waals surface area contributed by atoms with Crippen LogP contribution in [0.5, 0.6) is 0 Å². The molecule has 0 saturated carbocycles. The highest BCUT2D eigenvalue weighted by atomic mass is 79.9. The Labute approximate surface area is 161 Å². The van der Waals surface area contributed by atoms with Crippen molar-refractivity contribution in [3.05, 3.63) is 97.9 Å². The average molecular weight is 434 g/mol. The van der Waals surface area contributed by atoms with Crippen LogP contribution in [0.2, 0.25) is 0 Å². The molecule has 138 valence electrons. The van der Waals surface area contributed by atoms with Crippen LogP contribution in [0.3, 0.4) is 0 Å². The molecule has 2 heterocycles. The zero-order valence-corrected chi connectivity index (χ0v) is 15.5.